The highest BCUT2D eigenvalue weighted by molar-refractivity contribution is 5.69. The Morgan fingerprint density at radius 2 is 2.33 bits per heavy atom. The van der Waals surface area contributed by atoms with Gasteiger partial charge in [-0.1, -0.05) is 0 Å². The quantitative estimate of drug-likeness (QED) is 0.790. The number of nitrogens with one attached hydrogen (secondary N) is 1. The number of hydrogen-bond acceptors (Lipinski definition) is 4. The van der Waals surface area contributed by atoms with Crippen molar-refractivity contribution in [1.29, 1.82) is 0 Å². The molecule has 2 N–H and O–H groups in total. The monoisotopic (exact) mass is 250 g/mol. The van der Waals surface area contributed by atoms with Gasteiger partial charge in [-0.05, 0) is 25.0 Å². The highest BCUT2D eigenvalue weighted by atomic mass is 16.4. The summed E-state index contributed by atoms with van der Waals surface area (Å²) in [4.78, 5) is 13.4. The Balaban J connectivity index is 1.77. The van der Waals surface area contributed by atoms with Crippen molar-refractivity contribution in [1.82, 2.24) is 10.2 Å². The third kappa shape index (κ3) is 2.15. The predicted octanol–water partition coefficient (Wildman–Crippen LogP) is 1.06. The second-order valence-electron chi connectivity index (χ2n) is 5.34. The third-order valence-electron chi connectivity index (χ3n) is 3.89. The summed E-state index contributed by atoms with van der Waals surface area (Å²) in [5.41, 5.74) is -0.222. The first-order valence-electron chi connectivity index (χ1n) is 6.41. The Morgan fingerprint density at radius 3 is 2.78 bits per heavy atom. The van der Waals surface area contributed by atoms with Crippen LogP contribution in [0, 0.1) is 0 Å². The number of carboxylic acid groups (broad SMARTS) is 1. The van der Waals surface area contributed by atoms with Crippen LogP contribution in [-0.4, -0.2) is 40.6 Å². The summed E-state index contributed by atoms with van der Waals surface area (Å²) < 4.78 is 5.40. The van der Waals surface area contributed by atoms with Gasteiger partial charge in [-0.15, -0.1) is 0 Å². The number of furan rings is 1. The second kappa shape index (κ2) is 4.40. The van der Waals surface area contributed by atoms with Gasteiger partial charge in [-0.3, -0.25) is 9.69 Å². The van der Waals surface area contributed by atoms with Gasteiger partial charge in [0.15, 0.2) is 0 Å². The molecule has 1 aromatic rings. The number of carbonyl (C=O) groups is 1. The van der Waals surface area contributed by atoms with Crippen LogP contribution in [0.2, 0.25) is 0 Å². The van der Waals surface area contributed by atoms with E-state index in [4.69, 9.17) is 9.52 Å². The number of nitrogens with zero attached hydrogens (tertiary/aromatic N) is 1. The predicted molar refractivity (Wildman–Crippen MR) is 65.1 cm³/mol. The summed E-state index contributed by atoms with van der Waals surface area (Å²) in [6.45, 7) is 2.24. The Bertz CT molecular complexity index is 421. The Hall–Kier alpha value is -1.33. The van der Waals surface area contributed by atoms with Gasteiger partial charge in [0.2, 0.25) is 0 Å². The summed E-state index contributed by atoms with van der Waals surface area (Å²) >= 11 is 0. The maximum atomic E-state index is 11.1. The van der Waals surface area contributed by atoms with E-state index in [1.165, 1.54) is 12.8 Å². The van der Waals surface area contributed by atoms with Crippen LogP contribution in [0.5, 0.6) is 0 Å². The molecule has 1 aliphatic carbocycles. The van der Waals surface area contributed by atoms with E-state index >= 15 is 0 Å². The molecular formula is C13H18N2O3. The molecule has 1 aromatic heterocycles. The normalized spacial score (nSPS) is 21.8. The first-order valence-corrected chi connectivity index (χ1v) is 6.41. The van der Waals surface area contributed by atoms with Crippen LogP contribution in [0.3, 0.4) is 0 Å². The first kappa shape index (κ1) is 11.7. The molecule has 18 heavy (non-hydrogen) atoms. The van der Waals surface area contributed by atoms with Crippen LogP contribution in [0.4, 0.5) is 0 Å². The highest BCUT2D eigenvalue weighted by Crippen LogP contribution is 2.38. The van der Waals surface area contributed by atoms with E-state index in [1.54, 1.807) is 6.26 Å². The van der Waals surface area contributed by atoms with Gasteiger partial charge in [0.1, 0.15) is 5.76 Å². The fourth-order valence-corrected chi connectivity index (χ4v) is 2.77. The first-order chi connectivity index (χ1) is 8.70. The molecule has 0 atom stereocenters. The van der Waals surface area contributed by atoms with Crippen LogP contribution in [0.25, 0.3) is 0 Å². The van der Waals surface area contributed by atoms with Gasteiger partial charge in [0.05, 0.1) is 24.8 Å². The van der Waals surface area contributed by atoms with Gasteiger partial charge in [0, 0.05) is 19.1 Å². The topological polar surface area (TPSA) is 65.7 Å². The summed E-state index contributed by atoms with van der Waals surface area (Å²) in [5.74, 6) is 0.195. The molecule has 3 rings (SSSR count). The maximum absolute atomic E-state index is 11.1. The Labute approximate surface area is 106 Å². The van der Waals surface area contributed by atoms with Crippen molar-refractivity contribution in [2.75, 3.05) is 13.1 Å². The van der Waals surface area contributed by atoms with Crippen LogP contribution >= 0.6 is 0 Å². The molecule has 0 radical (unpaired) electrons. The molecule has 0 bridgehead atoms. The number of aliphatic carboxylic acids is 1. The molecule has 2 fully saturated rings. The van der Waals surface area contributed by atoms with E-state index in [-0.39, 0.29) is 12.0 Å². The van der Waals surface area contributed by atoms with Crippen molar-refractivity contribution in [3.8, 4) is 0 Å². The molecule has 0 spiro atoms. The minimum Gasteiger partial charge on any atom is -0.481 e. The highest BCUT2D eigenvalue weighted by Gasteiger charge is 2.49. The number of hydrogen-bond donors (Lipinski definition) is 2. The average molecular weight is 250 g/mol. The molecule has 1 saturated carbocycles. The molecular weight excluding hydrogens is 232 g/mol. The van der Waals surface area contributed by atoms with Crippen molar-refractivity contribution in [3.63, 3.8) is 0 Å². The summed E-state index contributed by atoms with van der Waals surface area (Å²) in [6, 6.07) is 4.36. The minimum atomic E-state index is -0.721. The van der Waals surface area contributed by atoms with Crippen LogP contribution in [-0.2, 0) is 11.3 Å². The zero-order valence-electron chi connectivity index (χ0n) is 10.3. The molecule has 2 aliphatic rings. The van der Waals surface area contributed by atoms with Gasteiger partial charge in [0.25, 0.3) is 0 Å². The Morgan fingerprint density at radius 1 is 1.56 bits per heavy atom. The number of rotatable bonds is 6. The van der Waals surface area contributed by atoms with Gasteiger partial charge >= 0.3 is 5.97 Å². The van der Waals surface area contributed by atoms with E-state index in [2.05, 4.69) is 10.2 Å². The molecule has 5 heteroatoms. The Kier molecular flexibility index (Phi) is 2.87. The van der Waals surface area contributed by atoms with Crippen molar-refractivity contribution in [3.05, 3.63) is 24.2 Å². The SMILES string of the molecule is O=C(O)CC1(N(Cc2ccco2)C2CC2)CNC1. The number of carboxylic acids is 1. The lowest BCUT2D eigenvalue weighted by Gasteiger charge is -2.50. The van der Waals surface area contributed by atoms with Crippen molar-refractivity contribution < 1.29 is 14.3 Å². The molecule has 0 unspecified atom stereocenters. The van der Waals surface area contributed by atoms with Crippen LogP contribution in [0.1, 0.15) is 25.0 Å². The smallest absolute Gasteiger partial charge is 0.305 e. The van der Waals surface area contributed by atoms with E-state index in [0.29, 0.717) is 12.6 Å². The third-order valence-corrected chi connectivity index (χ3v) is 3.89. The van der Waals surface area contributed by atoms with E-state index in [0.717, 1.165) is 18.8 Å². The van der Waals surface area contributed by atoms with Gasteiger partial charge < -0.3 is 14.8 Å². The zero-order valence-corrected chi connectivity index (χ0v) is 10.3. The lowest BCUT2D eigenvalue weighted by Crippen LogP contribution is -2.69. The van der Waals surface area contributed by atoms with Crippen molar-refractivity contribution in [2.24, 2.45) is 0 Å². The van der Waals surface area contributed by atoms with Gasteiger partial charge in [-0.25, -0.2) is 0 Å². The molecule has 1 saturated heterocycles. The average Bonchev–Trinajstić information content (AvgIpc) is 2.98. The summed E-state index contributed by atoms with van der Waals surface area (Å²) in [6.07, 6.45) is 4.21. The summed E-state index contributed by atoms with van der Waals surface area (Å²) in [7, 11) is 0. The maximum Gasteiger partial charge on any atom is 0.305 e. The van der Waals surface area contributed by atoms with Crippen molar-refractivity contribution in [2.45, 2.75) is 37.4 Å². The molecule has 0 amide bonds. The molecule has 2 heterocycles. The molecule has 0 aromatic carbocycles. The molecule has 98 valence electrons. The van der Waals surface area contributed by atoms with Crippen LogP contribution in [0.15, 0.2) is 22.8 Å². The van der Waals surface area contributed by atoms with Crippen molar-refractivity contribution >= 4 is 5.97 Å². The standard InChI is InChI=1S/C13H18N2O3/c16-12(17)6-13(8-14-9-13)15(10-3-4-10)7-11-2-1-5-18-11/h1-2,5,10,14H,3-4,6-9H2,(H,16,17). The molecule has 5 nitrogen and oxygen atoms in total. The van der Waals surface area contributed by atoms with E-state index in [9.17, 15) is 4.79 Å². The zero-order chi connectivity index (χ0) is 12.6. The summed E-state index contributed by atoms with van der Waals surface area (Å²) in [5, 5.41) is 12.3. The minimum absolute atomic E-state index is 0.206. The fraction of sp³-hybridized carbons (Fsp3) is 0.615. The largest absolute Gasteiger partial charge is 0.481 e. The van der Waals surface area contributed by atoms with E-state index in [1.807, 2.05) is 12.1 Å². The van der Waals surface area contributed by atoms with E-state index < -0.39 is 5.97 Å². The van der Waals surface area contributed by atoms with Crippen LogP contribution < -0.4 is 5.32 Å². The van der Waals surface area contributed by atoms with Gasteiger partial charge in [-0.2, -0.15) is 0 Å². The fourth-order valence-electron chi connectivity index (χ4n) is 2.77. The lowest BCUT2D eigenvalue weighted by atomic mass is 9.86. The molecule has 1 aliphatic heterocycles. The lowest BCUT2D eigenvalue weighted by molar-refractivity contribution is -0.142. The second-order valence-corrected chi connectivity index (χ2v) is 5.34.